The minimum absolute atomic E-state index is 0.0468. The van der Waals surface area contributed by atoms with Gasteiger partial charge in [-0.1, -0.05) is 147 Å². The lowest BCUT2D eigenvalue weighted by molar-refractivity contribution is 0.566. The second kappa shape index (κ2) is 8.73. The van der Waals surface area contributed by atoms with Gasteiger partial charge in [-0.25, -0.2) is 0 Å². The van der Waals surface area contributed by atoms with Crippen LogP contribution >= 0.6 is 0 Å². The zero-order valence-electron chi connectivity index (χ0n) is 24.2. The van der Waals surface area contributed by atoms with Crippen molar-refractivity contribution in [3.05, 3.63) is 118 Å². The van der Waals surface area contributed by atoms with Gasteiger partial charge in [-0.2, -0.15) is 0 Å². The van der Waals surface area contributed by atoms with Gasteiger partial charge in [0.15, 0.2) is 0 Å². The molecule has 0 fully saturated rings. The first-order chi connectivity index (χ1) is 17.3. The Bertz CT molecular complexity index is 1410. The topological polar surface area (TPSA) is 0 Å². The maximum atomic E-state index is 2.48. The van der Waals surface area contributed by atoms with Gasteiger partial charge in [0.1, 0.15) is 0 Å². The Kier molecular flexibility index (Phi) is 6.02. The fourth-order valence-electron chi connectivity index (χ4n) is 5.87. The van der Waals surface area contributed by atoms with Crippen LogP contribution < -0.4 is 0 Å². The van der Waals surface area contributed by atoms with E-state index in [2.05, 4.69) is 147 Å². The number of rotatable bonds is 2. The van der Waals surface area contributed by atoms with Crippen molar-refractivity contribution in [2.75, 3.05) is 0 Å². The van der Waals surface area contributed by atoms with Crippen LogP contribution in [0.1, 0.15) is 102 Å². The van der Waals surface area contributed by atoms with Crippen molar-refractivity contribution in [3.8, 4) is 22.3 Å². The standard InChI is InChI=1S/C37H42/c1-35(2,3)26-21-25(22-27(23-26)36(4,5)6)32-29-18-13-17-28(24-15-11-10-12-16-24)33(29)34-30(32)19-14-20-31(34)37(7,8)9/h10-23,32H,1-9H3. The van der Waals surface area contributed by atoms with E-state index in [1.807, 2.05) is 0 Å². The molecular formula is C37H42. The summed E-state index contributed by atoms with van der Waals surface area (Å²) in [4.78, 5) is 0. The van der Waals surface area contributed by atoms with E-state index in [4.69, 9.17) is 0 Å². The summed E-state index contributed by atoms with van der Waals surface area (Å²) in [6, 6.07) is 32.3. The molecule has 0 bridgehead atoms. The van der Waals surface area contributed by atoms with Crippen molar-refractivity contribution in [2.45, 2.75) is 84.5 Å². The van der Waals surface area contributed by atoms with Crippen molar-refractivity contribution in [1.82, 2.24) is 0 Å². The average Bonchev–Trinajstić information content (AvgIpc) is 3.17. The molecule has 0 radical (unpaired) electrons. The van der Waals surface area contributed by atoms with Gasteiger partial charge >= 0.3 is 0 Å². The summed E-state index contributed by atoms with van der Waals surface area (Å²) >= 11 is 0. The highest BCUT2D eigenvalue weighted by molar-refractivity contribution is 5.94. The summed E-state index contributed by atoms with van der Waals surface area (Å²) in [6.45, 7) is 21.0. The Morgan fingerprint density at radius 1 is 0.486 bits per heavy atom. The number of benzene rings is 4. The van der Waals surface area contributed by atoms with Gasteiger partial charge in [0.05, 0.1) is 0 Å². The van der Waals surface area contributed by atoms with Crippen molar-refractivity contribution in [1.29, 1.82) is 0 Å². The third-order valence-electron chi connectivity index (χ3n) is 7.98. The van der Waals surface area contributed by atoms with Gasteiger partial charge in [-0.15, -0.1) is 0 Å². The quantitative estimate of drug-likeness (QED) is 0.233. The first-order valence-electron chi connectivity index (χ1n) is 13.7. The van der Waals surface area contributed by atoms with E-state index in [9.17, 15) is 0 Å². The summed E-state index contributed by atoms with van der Waals surface area (Å²) < 4.78 is 0. The highest BCUT2D eigenvalue weighted by atomic mass is 14.4. The van der Waals surface area contributed by atoms with Gasteiger partial charge in [-0.05, 0) is 71.9 Å². The van der Waals surface area contributed by atoms with E-state index >= 15 is 0 Å². The van der Waals surface area contributed by atoms with Gasteiger partial charge in [-0.3, -0.25) is 0 Å². The fraction of sp³-hybridized carbons (Fsp3) is 0.351. The Balaban J connectivity index is 1.87. The van der Waals surface area contributed by atoms with Crippen molar-refractivity contribution in [2.24, 2.45) is 0 Å². The summed E-state index contributed by atoms with van der Waals surface area (Å²) in [5, 5.41) is 0. The third kappa shape index (κ3) is 4.56. The Hall–Kier alpha value is -3.12. The molecule has 4 aromatic carbocycles. The number of fused-ring (bicyclic) bond motifs is 3. The maximum Gasteiger partial charge on any atom is 0.0352 e. The van der Waals surface area contributed by atoms with E-state index in [0.717, 1.165) is 0 Å². The van der Waals surface area contributed by atoms with Gasteiger partial charge < -0.3 is 0 Å². The molecule has 0 aliphatic heterocycles. The van der Waals surface area contributed by atoms with Crippen LogP contribution in [0.2, 0.25) is 0 Å². The van der Waals surface area contributed by atoms with E-state index in [0.29, 0.717) is 0 Å². The molecule has 0 heterocycles. The predicted octanol–water partition coefficient (Wildman–Crippen LogP) is 10.4. The minimum atomic E-state index is 0.0468. The van der Waals surface area contributed by atoms with Crippen LogP contribution in [-0.4, -0.2) is 0 Å². The monoisotopic (exact) mass is 486 g/mol. The van der Waals surface area contributed by atoms with Crippen molar-refractivity contribution in [3.63, 3.8) is 0 Å². The van der Waals surface area contributed by atoms with Crippen LogP contribution in [0.3, 0.4) is 0 Å². The third-order valence-corrected chi connectivity index (χ3v) is 7.98. The zero-order valence-corrected chi connectivity index (χ0v) is 24.2. The van der Waals surface area contributed by atoms with Crippen LogP contribution in [0, 0.1) is 0 Å². The molecule has 0 spiro atoms. The van der Waals surface area contributed by atoms with Gasteiger partial charge in [0.25, 0.3) is 0 Å². The van der Waals surface area contributed by atoms with E-state index in [1.54, 1.807) is 0 Å². The van der Waals surface area contributed by atoms with Gasteiger partial charge in [0.2, 0.25) is 0 Å². The molecule has 0 N–H and O–H groups in total. The second-order valence-electron chi connectivity index (χ2n) is 13.9. The summed E-state index contributed by atoms with van der Waals surface area (Å²) in [5.74, 6) is 0.222. The van der Waals surface area contributed by atoms with E-state index in [1.165, 1.54) is 55.6 Å². The lowest BCUT2D eigenvalue weighted by atomic mass is 9.76. The fourth-order valence-corrected chi connectivity index (χ4v) is 5.87. The molecule has 1 atom stereocenters. The largest absolute Gasteiger partial charge is 0.0622 e. The molecule has 4 aromatic rings. The summed E-state index contributed by atoms with van der Waals surface area (Å²) in [7, 11) is 0. The van der Waals surface area contributed by atoms with Gasteiger partial charge in [0, 0.05) is 5.92 Å². The lowest BCUT2D eigenvalue weighted by Crippen LogP contribution is -2.18. The Labute approximate surface area is 224 Å². The molecule has 1 aliphatic carbocycles. The summed E-state index contributed by atoms with van der Waals surface area (Å²) in [5.41, 5.74) is 14.2. The molecule has 0 aromatic heterocycles. The normalized spacial score (nSPS) is 15.4. The van der Waals surface area contributed by atoms with Crippen LogP contribution in [0.4, 0.5) is 0 Å². The number of hydrogen-bond acceptors (Lipinski definition) is 0. The Morgan fingerprint density at radius 2 is 1.03 bits per heavy atom. The lowest BCUT2D eigenvalue weighted by Gasteiger charge is -2.28. The van der Waals surface area contributed by atoms with E-state index < -0.39 is 0 Å². The highest BCUT2D eigenvalue weighted by Crippen LogP contribution is 2.54. The molecule has 5 rings (SSSR count). The summed E-state index contributed by atoms with van der Waals surface area (Å²) in [6.07, 6.45) is 0. The first-order valence-corrected chi connectivity index (χ1v) is 13.7. The van der Waals surface area contributed by atoms with Crippen LogP contribution in [0.5, 0.6) is 0 Å². The second-order valence-corrected chi connectivity index (χ2v) is 13.9. The Morgan fingerprint density at radius 3 is 1.57 bits per heavy atom. The highest BCUT2D eigenvalue weighted by Gasteiger charge is 2.36. The molecule has 37 heavy (non-hydrogen) atoms. The molecular weight excluding hydrogens is 444 g/mol. The molecule has 0 nitrogen and oxygen atoms in total. The van der Waals surface area contributed by atoms with Crippen molar-refractivity contribution < 1.29 is 0 Å². The van der Waals surface area contributed by atoms with E-state index in [-0.39, 0.29) is 22.2 Å². The predicted molar refractivity (Wildman–Crippen MR) is 161 cm³/mol. The van der Waals surface area contributed by atoms with Crippen LogP contribution in [0.25, 0.3) is 22.3 Å². The smallest absolute Gasteiger partial charge is 0.0352 e. The van der Waals surface area contributed by atoms with Crippen molar-refractivity contribution >= 4 is 0 Å². The molecule has 1 aliphatic rings. The molecule has 0 amide bonds. The number of hydrogen-bond donors (Lipinski definition) is 0. The zero-order chi connectivity index (χ0) is 26.8. The average molecular weight is 487 g/mol. The van der Waals surface area contributed by atoms with Crippen LogP contribution in [-0.2, 0) is 16.2 Å². The SMILES string of the molecule is CC(C)(C)c1cc(C2c3cccc(-c4ccccc4)c3-c3c2cccc3C(C)(C)C)cc(C(C)(C)C)c1. The molecule has 0 saturated carbocycles. The molecule has 0 saturated heterocycles. The minimum Gasteiger partial charge on any atom is -0.0622 e. The molecule has 0 heteroatoms. The molecule has 1 unspecified atom stereocenters. The maximum absolute atomic E-state index is 2.48. The molecule has 190 valence electrons. The van der Waals surface area contributed by atoms with Crippen LogP contribution in [0.15, 0.2) is 84.9 Å². The first kappa shape index (κ1) is 25.5.